The summed E-state index contributed by atoms with van der Waals surface area (Å²) in [5.74, 6) is 1.88. The van der Waals surface area contributed by atoms with E-state index in [2.05, 4.69) is 36.1 Å². The van der Waals surface area contributed by atoms with Gasteiger partial charge in [-0.15, -0.1) is 0 Å². The number of fused-ring (bicyclic) bond motifs is 1. The fourth-order valence-corrected chi connectivity index (χ4v) is 5.40. The number of hydrogen-bond acceptors (Lipinski definition) is 8. The number of aryl methyl sites for hydroxylation is 1. The number of methoxy groups -OCH3 is 1. The lowest BCUT2D eigenvalue weighted by Crippen LogP contribution is -2.37. The van der Waals surface area contributed by atoms with Crippen LogP contribution < -0.4 is 20.3 Å². The van der Waals surface area contributed by atoms with Crippen LogP contribution in [0.5, 0.6) is 11.5 Å². The molecule has 1 aliphatic heterocycles. The van der Waals surface area contributed by atoms with E-state index in [1.54, 1.807) is 31.5 Å². The van der Waals surface area contributed by atoms with Gasteiger partial charge in [0.2, 0.25) is 0 Å². The Kier molecular flexibility index (Phi) is 9.05. The lowest BCUT2D eigenvalue weighted by atomic mass is 10.1. The van der Waals surface area contributed by atoms with Crippen LogP contribution in [-0.2, 0) is 4.74 Å². The predicted octanol–water partition coefficient (Wildman–Crippen LogP) is 4.24. The second-order valence-electron chi connectivity index (χ2n) is 9.76. The maximum Gasteiger partial charge on any atom is 0.261 e. The fourth-order valence-electron chi connectivity index (χ4n) is 4.84. The summed E-state index contributed by atoms with van der Waals surface area (Å²) in [6, 6.07) is 11.1. The Hall–Kier alpha value is -3.38. The average Bonchev–Trinajstić information content (AvgIpc) is 3.39. The fraction of sp³-hybridized carbons (Fsp3) is 0.379. The summed E-state index contributed by atoms with van der Waals surface area (Å²) in [7, 11) is 1.59. The summed E-state index contributed by atoms with van der Waals surface area (Å²) in [6.07, 6.45) is 1.69. The van der Waals surface area contributed by atoms with Crippen LogP contribution >= 0.6 is 15.9 Å². The van der Waals surface area contributed by atoms with Crippen LogP contribution in [0, 0.1) is 6.92 Å². The molecule has 2 aromatic heterocycles. The molecule has 3 heterocycles. The number of rotatable bonds is 11. The van der Waals surface area contributed by atoms with Gasteiger partial charge >= 0.3 is 0 Å². The molecule has 1 aliphatic rings. The number of nitrogens with zero attached hydrogens (tertiary/aromatic N) is 2. The van der Waals surface area contributed by atoms with Crippen molar-refractivity contribution < 1.29 is 19.3 Å². The Balaban J connectivity index is 1.30. The number of aromatic amines is 2. The molecule has 0 amide bonds. The average molecular weight is 613 g/mol. The van der Waals surface area contributed by atoms with Gasteiger partial charge in [0.1, 0.15) is 22.9 Å². The van der Waals surface area contributed by atoms with Gasteiger partial charge in [-0.25, -0.2) is 4.98 Å². The van der Waals surface area contributed by atoms with Gasteiger partial charge < -0.3 is 34.6 Å². The number of pyridine rings is 1. The Morgan fingerprint density at radius 1 is 1.23 bits per heavy atom. The number of ether oxygens (including phenoxy) is 3. The Morgan fingerprint density at radius 2 is 2.05 bits per heavy atom. The number of anilines is 1. The Bertz CT molecular complexity index is 1510. The number of halogens is 1. The molecule has 0 radical (unpaired) electrons. The lowest BCUT2D eigenvalue weighted by molar-refractivity contribution is 0.0358. The van der Waals surface area contributed by atoms with E-state index in [9.17, 15) is 9.90 Å². The minimum Gasteiger partial charge on any atom is -0.496 e. The largest absolute Gasteiger partial charge is 0.496 e. The third kappa shape index (κ3) is 6.49. The summed E-state index contributed by atoms with van der Waals surface area (Å²) in [5.41, 5.74) is 3.86. The molecule has 212 valence electrons. The van der Waals surface area contributed by atoms with Gasteiger partial charge in [0.15, 0.2) is 0 Å². The molecule has 2 aromatic carbocycles. The smallest absolute Gasteiger partial charge is 0.261 e. The summed E-state index contributed by atoms with van der Waals surface area (Å²) in [4.78, 5) is 26.1. The van der Waals surface area contributed by atoms with Gasteiger partial charge in [0, 0.05) is 38.4 Å². The zero-order chi connectivity index (χ0) is 28.1. The lowest BCUT2D eigenvalue weighted by Gasteiger charge is -2.26. The number of nitrogens with one attached hydrogen (secondary N) is 3. The van der Waals surface area contributed by atoms with Crippen LogP contribution in [-0.4, -0.2) is 78.1 Å². The highest BCUT2D eigenvalue weighted by Crippen LogP contribution is 2.30. The number of hydrogen-bond donors (Lipinski definition) is 4. The molecule has 1 atom stereocenters. The third-order valence-electron chi connectivity index (χ3n) is 6.99. The topological polar surface area (TPSA) is 125 Å². The van der Waals surface area contributed by atoms with E-state index in [4.69, 9.17) is 19.2 Å². The predicted molar refractivity (Wildman–Crippen MR) is 158 cm³/mol. The molecule has 5 rings (SSSR count). The van der Waals surface area contributed by atoms with Crippen molar-refractivity contribution in [2.75, 3.05) is 58.4 Å². The molecule has 4 N–H and O–H groups in total. The summed E-state index contributed by atoms with van der Waals surface area (Å²) >= 11 is 3.46. The maximum absolute atomic E-state index is 12.9. The molecule has 0 bridgehead atoms. The van der Waals surface area contributed by atoms with E-state index in [-0.39, 0.29) is 12.1 Å². The van der Waals surface area contributed by atoms with Crippen molar-refractivity contribution in [1.82, 2.24) is 19.9 Å². The maximum atomic E-state index is 12.9. The van der Waals surface area contributed by atoms with Crippen LogP contribution in [0.1, 0.15) is 23.7 Å². The normalized spacial score (nSPS) is 14.8. The van der Waals surface area contributed by atoms with Crippen LogP contribution in [0.25, 0.3) is 22.4 Å². The second-order valence-corrected chi connectivity index (χ2v) is 10.6. The molecular formula is C29H34BrN5O5. The van der Waals surface area contributed by atoms with Gasteiger partial charge in [-0.1, -0.05) is 6.07 Å². The minimum atomic E-state index is -0.810. The highest BCUT2D eigenvalue weighted by atomic mass is 79.9. The van der Waals surface area contributed by atoms with Crippen molar-refractivity contribution in [2.45, 2.75) is 19.4 Å². The molecular weight excluding hydrogens is 578 g/mol. The first-order valence-electron chi connectivity index (χ1n) is 13.3. The Morgan fingerprint density at radius 3 is 2.83 bits per heavy atom. The molecule has 4 aromatic rings. The van der Waals surface area contributed by atoms with Gasteiger partial charge in [0.25, 0.3) is 5.56 Å². The molecule has 10 nitrogen and oxygen atoms in total. The van der Waals surface area contributed by atoms with Crippen molar-refractivity contribution in [3.8, 4) is 22.9 Å². The third-order valence-corrected chi connectivity index (χ3v) is 7.61. The first kappa shape index (κ1) is 28.2. The van der Waals surface area contributed by atoms with E-state index in [0.717, 1.165) is 66.1 Å². The first-order valence-corrected chi connectivity index (χ1v) is 14.1. The quantitative estimate of drug-likeness (QED) is 0.186. The first-order chi connectivity index (χ1) is 19.4. The zero-order valence-corrected chi connectivity index (χ0v) is 24.2. The number of benzene rings is 2. The number of imidazole rings is 1. The minimum absolute atomic E-state index is 0.191. The van der Waals surface area contributed by atoms with Crippen molar-refractivity contribution in [1.29, 1.82) is 0 Å². The summed E-state index contributed by atoms with van der Waals surface area (Å²) in [5, 5.41) is 14.0. The number of aliphatic hydroxyl groups excluding tert-OH is 1. The zero-order valence-electron chi connectivity index (χ0n) is 22.6. The van der Waals surface area contributed by atoms with Crippen LogP contribution in [0.3, 0.4) is 0 Å². The van der Waals surface area contributed by atoms with Crippen LogP contribution in [0.2, 0.25) is 0 Å². The highest BCUT2D eigenvalue weighted by molar-refractivity contribution is 9.10. The molecule has 1 saturated heterocycles. The molecule has 40 heavy (non-hydrogen) atoms. The Labute approximate surface area is 240 Å². The van der Waals surface area contributed by atoms with E-state index < -0.39 is 6.10 Å². The summed E-state index contributed by atoms with van der Waals surface area (Å²) in [6.45, 7) is 7.29. The van der Waals surface area contributed by atoms with Crippen LogP contribution in [0.4, 0.5) is 5.69 Å². The summed E-state index contributed by atoms with van der Waals surface area (Å²) < 4.78 is 17.5. The van der Waals surface area contributed by atoms with Gasteiger partial charge in [-0.2, -0.15) is 0 Å². The van der Waals surface area contributed by atoms with Gasteiger partial charge in [0.05, 0.1) is 54.2 Å². The van der Waals surface area contributed by atoms with Gasteiger partial charge in [-0.3, -0.25) is 9.69 Å². The van der Waals surface area contributed by atoms with Crippen molar-refractivity contribution in [3.63, 3.8) is 0 Å². The number of H-pyrrole nitrogens is 2. The SMILES string of the molecule is COc1ccc([C@H](O)CNc2cc[nH]c(=O)c2-c2nc3c(C)cc(OCCCN4CCOCC4)cc3[nH]2)cc1Br. The van der Waals surface area contributed by atoms with Crippen molar-refractivity contribution >= 4 is 32.7 Å². The molecule has 1 fully saturated rings. The van der Waals surface area contributed by atoms with Crippen molar-refractivity contribution in [3.05, 3.63) is 68.5 Å². The molecule has 0 saturated carbocycles. The van der Waals surface area contributed by atoms with E-state index in [1.165, 1.54) is 0 Å². The van der Waals surface area contributed by atoms with Crippen molar-refractivity contribution in [2.24, 2.45) is 0 Å². The standard InChI is InChI=1S/C29H34BrN5O5/c1-18-14-20(40-11-3-8-35-9-12-39-13-10-35)16-23-27(18)34-28(33-23)26-22(6-7-31-29(26)37)32-17-24(36)19-4-5-25(38-2)21(30)15-19/h4-7,14-16,24,36H,3,8-13,17H2,1-2H3,(H,33,34)(H2,31,32,37)/t24-/m1/s1. The number of aliphatic hydroxyl groups is 1. The van der Waals surface area contributed by atoms with E-state index >= 15 is 0 Å². The number of morpholine rings is 1. The van der Waals surface area contributed by atoms with Gasteiger partial charge in [-0.05, 0) is 64.7 Å². The second kappa shape index (κ2) is 12.9. The molecule has 0 aliphatic carbocycles. The van der Waals surface area contributed by atoms with E-state index in [1.807, 2.05) is 25.1 Å². The van der Waals surface area contributed by atoms with E-state index in [0.29, 0.717) is 35.0 Å². The molecule has 0 unspecified atom stereocenters. The highest BCUT2D eigenvalue weighted by Gasteiger charge is 2.18. The van der Waals surface area contributed by atoms with Crippen LogP contribution in [0.15, 0.2) is 51.9 Å². The molecule has 0 spiro atoms. The number of aromatic nitrogens is 3. The monoisotopic (exact) mass is 611 g/mol. The molecule has 11 heteroatoms.